The Bertz CT molecular complexity index is 1070. The van der Waals surface area contributed by atoms with Crippen molar-refractivity contribution in [3.63, 3.8) is 0 Å². The minimum absolute atomic E-state index is 0.0520. The van der Waals surface area contributed by atoms with Gasteiger partial charge in [0.25, 0.3) is 0 Å². The first-order valence-corrected chi connectivity index (χ1v) is 10.4. The van der Waals surface area contributed by atoms with Gasteiger partial charge in [0.2, 0.25) is 21.9 Å². The number of nitrogens with zero attached hydrogens (tertiary/aromatic N) is 2. The second-order valence-corrected chi connectivity index (χ2v) is 8.74. The molecule has 0 radical (unpaired) electrons. The number of amides is 1. The Morgan fingerprint density at radius 2 is 1.89 bits per heavy atom. The molecule has 8 heteroatoms. The number of aromatic nitrogens is 2. The molecule has 0 aliphatic carbocycles. The molecule has 0 unspecified atom stereocenters. The summed E-state index contributed by atoms with van der Waals surface area (Å²) in [5, 5.41) is 2.75. The summed E-state index contributed by atoms with van der Waals surface area (Å²) in [6, 6.07) is 14.3. The first-order valence-electron chi connectivity index (χ1n) is 8.80. The Labute approximate surface area is 157 Å². The number of nitrogens with one attached hydrogen (secondary N) is 2. The van der Waals surface area contributed by atoms with Gasteiger partial charge >= 0.3 is 0 Å². The van der Waals surface area contributed by atoms with Gasteiger partial charge in [-0.2, -0.15) is 4.31 Å². The minimum Gasteiger partial charge on any atom is -0.324 e. The van der Waals surface area contributed by atoms with Crippen LogP contribution in [0.1, 0.15) is 18.1 Å². The zero-order chi connectivity index (χ0) is 19.0. The fourth-order valence-electron chi connectivity index (χ4n) is 3.39. The number of imidazole rings is 1. The van der Waals surface area contributed by atoms with E-state index in [9.17, 15) is 13.2 Å². The summed E-state index contributed by atoms with van der Waals surface area (Å²) in [6.07, 6.45) is 0.335. The molecule has 4 rings (SSSR count). The van der Waals surface area contributed by atoms with Gasteiger partial charge in [-0.3, -0.25) is 10.1 Å². The Kier molecular flexibility index (Phi) is 4.45. The van der Waals surface area contributed by atoms with E-state index >= 15 is 0 Å². The molecule has 1 aliphatic heterocycles. The number of carbonyl (C=O) groups excluding carboxylic acids is 1. The number of carbonyl (C=O) groups is 1. The molecule has 1 amide bonds. The van der Waals surface area contributed by atoms with Crippen LogP contribution < -0.4 is 5.32 Å². The maximum Gasteiger partial charge on any atom is 0.245 e. The Morgan fingerprint density at radius 3 is 2.63 bits per heavy atom. The van der Waals surface area contributed by atoms with Crippen LogP contribution in [0.5, 0.6) is 0 Å². The molecular formula is C19H20N4O3S. The lowest BCUT2D eigenvalue weighted by Gasteiger charge is -2.34. The van der Waals surface area contributed by atoms with Crippen molar-refractivity contribution in [3.05, 3.63) is 59.7 Å². The molecule has 0 saturated carbocycles. The van der Waals surface area contributed by atoms with Crippen LogP contribution in [0.4, 0.5) is 5.95 Å². The third-order valence-corrected chi connectivity index (χ3v) is 6.69. The zero-order valence-corrected chi connectivity index (χ0v) is 15.7. The molecule has 140 valence electrons. The van der Waals surface area contributed by atoms with Crippen molar-refractivity contribution in [1.29, 1.82) is 0 Å². The average Bonchev–Trinajstić information content (AvgIpc) is 3.09. The van der Waals surface area contributed by atoms with E-state index in [0.717, 1.165) is 22.2 Å². The molecule has 2 heterocycles. The lowest BCUT2D eigenvalue weighted by Crippen LogP contribution is -2.51. The van der Waals surface area contributed by atoms with Crippen LogP contribution in [0.3, 0.4) is 0 Å². The van der Waals surface area contributed by atoms with E-state index in [2.05, 4.69) is 15.3 Å². The van der Waals surface area contributed by atoms with E-state index in [-0.39, 0.29) is 18.2 Å². The van der Waals surface area contributed by atoms with Crippen LogP contribution >= 0.6 is 0 Å². The van der Waals surface area contributed by atoms with Gasteiger partial charge in [-0.15, -0.1) is 0 Å². The third kappa shape index (κ3) is 3.33. The van der Waals surface area contributed by atoms with Gasteiger partial charge in [-0.25, -0.2) is 13.4 Å². The zero-order valence-electron chi connectivity index (χ0n) is 14.8. The van der Waals surface area contributed by atoms with E-state index in [1.165, 1.54) is 4.31 Å². The monoisotopic (exact) mass is 384 g/mol. The first kappa shape index (κ1) is 17.7. The smallest absolute Gasteiger partial charge is 0.245 e. The fraction of sp³-hybridized carbons (Fsp3) is 0.263. The Hall–Kier alpha value is -2.71. The molecule has 0 saturated heterocycles. The largest absolute Gasteiger partial charge is 0.324 e. The number of hydrogen-bond donors (Lipinski definition) is 2. The summed E-state index contributed by atoms with van der Waals surface area (Å²) in [5.74, 6) is -0.127. The maximum absolute atomic E-state index is 12.9. The van der Waals surface area contributed by atoms with Gasteiger partial charge in [0, 0.05) is 6.54 Å². The average molecular weight is 384 g/mol. The van der Waals surface area contributed by atoms with Crippen molar-refractivity contribution in [1.82, 2.24) is 14.3 Å². The second kappa shape index (κ2) is 6.79. The second-order valence-electron chi connectivity index (χ2n) is 6.53. The molecule has 27 heavy (non-hydrogen) atoms. The van der Waals surface area contributed by atoms with Crippen LogP contribution in [0.15, 0.2) is 48.5 Å². The predicted octanol–water partition coefficient (Wildman–Crippen LogP) is 2.28. The molecule has 7 nitrogen and oxygen atoms in total. The fourth-order valence-corrected chi connectivity index (χ4v) is 4.62. The topological polar surface area (TPSA) is 95.2 Å². The van der Waals surface area contributed by atoms with Gasteiger partial charge in [0.1, 0.15) is 6.04 Å². The number of anilines is 1. The molecule has 1 aromatic heterocycles. The van der Waals surface area contributed by atoms with Crippen LogP contribution in [0.2, 0.25) is 0 Å². The number of rotatable bonds is 4. The van der Waals surface area contributed by atoms with Crippen molar-refractivity contribution in [3.8, 4) is 0 Å². The molecule has 1 aliphatic rings. The summed E-state index contributed by atoms with van der Waals surface area (Å²) < 4.78 is 26.5. The molecule has 2 aromatic carbocycles. The third-order valence-electron chi connectivity index (χ3n) is 4.86. The lowest BCUT2D eigenvalue weighted by molar-refractivity contribution is -0.120. The number of H-pyrrole nitrogens is 1. The molecule has 1 atom stereocenters. The van der Waals surface area contributed by atoms with Crippen molar-refractivity contribution < 1.29 is 13.2 Å². The first-order chi connectivity index (χ1) is 13.0. The van der Waals surface area contributed by atoms with E-state index in [0.29, 0.717) is 12.4 Å². The minimum atomic E-state index is -3.53. The molecule has 3 aromatic rings. The van der Waals surface area contributed by atoms with E-state index in [4.69, 9.17) is 0 Å². The predicted molar refractivity (Wildman–Crippen MR) is 104 cm³/mol. The van der Waals surface area contributed by atoms with Crippen LogP contribution in [-0.4, -0.2) is 40.4 Å². The Morgan fingerprint density at radius 1 is 1.19 bits per heavy atom. The number of sulfonamides is 1. The summed E-state index contributed by atoms with van der Waals surface area (Å²) >= 11 is 0. The van der Waals surface area contributed by atoms with Crippen molar-refractivity contribution >= 4 is 32.9 Å². The SMILES string of the molecule is CCS(=O)(=O)N1Cc2ccccc2C[C@@H]1C(=O)Nc1nc2ccccc2[nH]1. The summed E-state index contributed by atoms with van der Waals surface area (Å²) in [5.41, 5.74) is 3.46. The highest BCUT2D eigenvalue weighted by atomic mass is 32.2. The quantitative estimate of drug-likeness (QED) is 0.721. The van der Waals surface area contributed by atoms with E-state index < -0.39 is 16.1 Å². The van der Waals surface area contributed by atoms with Crippen molar-refractivity contribution in [2.24, 2.45) is 0 Å². The number of para-hydroxylation sites is 2. The van der Waals surface area contributed by atoms with Crippen LogP contribution in [0, 0.1) is 0 Å². The van der Waals surface area contributed by atoms with Crippen molar-refractivity contribution in [2.75, 3.05) is 11.1 Å². The van der Waals surface area contributed by atoms with Crippen LogP contribution in [-0.2, 0) is 27.8 Å². The van der Waals surface area contributed by atoms with Gasteiger partial charge in [0.15, 0.2) is 0 Å². The summed E-state index contributed by atoms with van der Waals surface area (Å²) in [4.78, 5) is 20.3. The normalized spacial score (nSPS) is 17.6. The number of benzene rings is 2. The highest BCUT2D eigenvalue weighted by Gasteiger charge is 2.38. The summed E-state index contributed by atoms with van der Waals surface area (Å²) in [6.45, 7) is 1.79. The highest BCUT2D eigenvalue weighted by Crippen LogP contribution is 2.27. The standard InChI is InChI=1S/C19H20N4O3S/c1-2-27(25,26)23-12-14-8-4-3-7-13(14)11-17(23)18(24)22-19-20-15-9-5-6-10-16(15)21-19/h3-10,17H,2,11-12H2,1H3,(H2,20,21,22,24)/t17-/m1/s1. The summed E-state index contributed by atoms with van der Waals surface area (Å²) in [7, 11) is -3.53. The number of aromatic amines is 1. The number of fused-ring (bicyclic) bond motifs is 2. The highest BCUT2D eigenvalue weighted by molar-refractivity contribution is 7.89. The number of hydrogen-bond acceptors (Lipinski definition) is 4. The Balaban J connectivity index is 1.65. The van der Waals surface area contributed by atoms with Gasteiger partial charge in [-0.05, 0) is 36.6 Å². The van der Waals surface area contributed by atoms with E-state index in [1.807, 2.05) is 48.5 Å². The van der Waals surface area contributed by atoms with Gasteiger partial charge in [-0.1, -0.05) is 36.4 Å². The molecule has 0 spiro atoms. The molecule has 0 bridgehead atoms. The van der Waals surface area contributed by atoms with Gasteiger partial charge < -0.3 is 4.98 Å². The van der Waals surface area contributed by atoms with Crippen molar-refractivity contribution in [2.45, 2.75) is 25.9 Å². The molecule has 0 fully saturated rings. The van der Waals surface area contributed by atoms with E-state index in [1.54, 1.807) is 6.92 Å². The molecular weight excluding hydrogens is 364 g/mol. The van der Waals surface area contributed by atoms with Gasteiger partial charge in [0.05, 0.1) is 16.8 Å². The molecule has 2 N–H and O–H groups in total. The lowest BCUT2D eigenvalue weighted by atomic mass is 9.95. The van der Waals surface area contributed by atoms with Crippen LogP contribution in [0.25, 0.3) is 11.0 Å². The maximum atomic E-state index is 12.9.